The third kappa shape index (κ3) is 13.0. The molecule has 2 N–H and O–H groups in total. The predicted molar refractivity (Wildman–Crippen MR) is 112 cm³/mol. The number of likely N-dealkylation sites (tertiary alicyclic amines) is 1. The molecule has 0 unspecified atom stereocenters. The zero-order valence-electron chi connectivity index (χ0n) is 18.1. The van der Waals surface area contributed by atoms with Crippen LogP contribution >= 0.6 is 0 Å². The van der Waals surface area contributed by atoms with Crippen molar-refractivity contribution in [1.82, 2.24) is 15.5 Å². The molecule has 0 amide bonds. The number of alkyl halides is 3. The van der Waals surface area contributed by atoms with Crippen LogP contribution in [0.3, 0.4) is 0 Å². The molecule has 1 aliphatic rings. The maximum absolute atomic E-state index is 12.5. The van der Waals surface area contributed by atoms with Gasteiger partial charge in [-0.25, -0.2) is 8.42 Å². The van der Waals surface area contributed by atoms with Crippen LogP contribution in [0.25, 0.3) is 0 Å². The lowest BCUT2D eigenvalue weighted by molar-refractivity contribution is -0.148. The van der Waals surface area contributed by atoms with Crippen LogP contribution in [0, 0.1) is 11.3 Å². The molecule has 0 aromatic carbocycles. The maximum Gasteiger partial charge on any atom is 0.401 e. The largest absolute Gasteiger partial charge is 0.401 e. The van der Waals surface area contributed by atoms with Crippen LogP contribution < -0.4 is 10.6 Å². The summed E-state index contributed by atoms with van der Waals surface area (Å²) in [6.45, 7) is 8.07. The van der Waals surface area contributed by atoms with E-state index in [9.17, 15) is 21.6 Å². The maximum atomic E-state index is 12.5. The van der Waals surface area contributed by atoms with Gasteiger partial charge >= 0.3 is 6.18 Å². The third-order valence-corrected chi connectivity index (χ3v) is 6.06. The van der Waals surface area contributed by atoms with Crippen molar-refractivity contribution in [1.29, 1.82) is 0 Å². The van der Waals surface area contributed by atoms with Crippen molar-refractivity contribution in [2.24, 2.45) is 16.3 Å². The molecule has 1 fully saturated rings. The lowest BCUT2D eigenvalue weighted by Crippen LogP contribution is -2.42. The topological polar surface area (TPSA) is 73.8 Å². The first-order chi connectivity index (χ1) is 13.3. The Hall–Kier alpha value is -1.03. The number of guanidine groups is 1. The number of aliphatic imine (C=N–C) groups is 1. The molecule has 6 nitrogen and oxygen atoms in total. The molecule has 1 aliphatic heterocycles. The molecule has 1 heterocycles. The first-order valence-corrected chi connectivity index (χ1v) is 12.3. The van der Waals surface area contributed by atoms with Gasteiger partial charge in [0.2, 0.25) is 0 Å². The van der Waals surface area contributed by atoms with Crippen molar-refractivity contribution in [3.8, 4) is 0 Å². The zero-order chi connectivity index (χ0) is 22.1. The molecule has 10 heteroatoms. The minimum Gasteiger partial charge on any atom is -0.357 e. The van der Waals surface area contributed by atoms with Crippen LogP contribution in [0.2, 0.25) is 0 Å². The Balaban J connectivity index is 2.40. The third-order valence-electron chi connectivity index (χ3n) is 5.11. The van der Waals surface area contributed by atoms with E-state index in [4.69, 9.17) is 0 Å². The number of rotatable bonds is 10. The molecule has 0 bridgehead atoms. The standard InChI is InChI=1S/C19H37F3N4O2S/c1-5-23-17(25-14-18(2,3)9-13-29(4,27)28)24-10-6-16-7-11-26(12-8-16)15-19(20,21)22/h16H,5-15H2,1-4H3,(H2,23,24,25). The van der Waals surface area contributed by atoms with E-state index in [1.165, 1.54) is 11.2 Å². The summed E-state index contributed by atoms with van der Waals surface area (Å²) >= 11 is 0. The van der Waals surface area contributed by atoms with Crippen molar-refractivity contribution in [3.05, 3.63) is 0 Å². The molecule has 0 aliphatic carbocycles. The summed E-state index contributed by atoms with van der Waals surface area (Å²) < 4.78 is 60.1. The van der Waals surface area contributed by atoms with Crippen molar-refractivity contribution < 1.29 is 21.6 Å². The first kappa shape index (κ1) is 26.0. The van der Waals surface area contributed by atoms with Gasteiger partial charge in [0.1, 0.15) is 9.84 Å². The summed E-state index contributed by atoms with van der Waals surface area (Å²) in [4.78, 5) is 6.07. The normalized spacial score (nSPS) is 18.1. The second kappa shape index (κ2) is 11.4. The van der Waals surface area contributed by atoms with Crippen LogP contribution in [-0.4, -0.2) is 76.7 Å². The number of nitrogens with one attached hydrogen (secondary N) is 2. The highest BCUT2D eigenvalue weighted by Crippen LogP contribution is 2.24. The Morgan fingerprint density at radius 2 is 1.79 bits per heavy atom. The molecular formula is C19H37F3N4O2S. The van der Waals surface area contributed by atoms with E-state index in [1.54, 1.807) is 0 Å². The SMILES string of the molecule is CCNC(=NCC(C)(C)CCS(C)(=O)=O)NCCC1CCN(CC(F)(F)F)CC1. The van der Waals surface area contributed by atoms with Crippen LogP contribution in [0.5, 0.6) is 0 Å². The van der Waals surface area contributed by atoms with Gasteiger partial charge < -0.3 is 10.6 Å². The van der Waals surface area contributed by atoms with E-state index in [0.29, 0.717) is 51.0 Å². The Kier molecular flexibility index (Phi) is 10.2. The van der Waals surface area contributed by atoms with Crippen LogP contribution in [-0.2, 0) is 9.84 Å². The highest BCUT2D eigenvalue weighted by atomic mass is 32.2. The van der Waals surface area contributed by atoms with E-state index in [-0.39, 0.29) is 11.2 Å². The molecular weight excluding hydrogens is 405 g/mol. The smallest absolute Gasteiger partial charge is 0.357 e. The Morgan fingerprint density at radius 1 is 1.17 bits per heavy atom. The molecule has 172 valence electrons. The summed E-state index contributed by atoms with van der Waals surface area (Å²) in [5.41, 5.74) is -0.225. The van der Waals surface area contributed by atoms with Gasteiger partial charge in [-0.2, -0.15) is 13.2 Å². The second-order valence-corrected chi connectivity index (χ2v) is 11.0. The van der Waals surface area contributed by atoms with E-state index in [0.717, 1.165) is 19.3 Å². The predicted octanol–water partition coefficient (Wildman–Crippen LogP) is 2.67. The molecule has 1 rings (SSSR count). The molecule has 0 aromatic heterocycles. The number of hydrogen-bond acceptors (Lipinski definition) is 4. The van der Waals surface area contributed by atoms with E-state index >= 15 is 0 Å². The van der Waals surface area contributed by atoms with Crippen LogP contribution in [0.15, 0.2) is 4.99 Å². The molecule has 0 saturated carbocycles. The Morgan fingerprint density at radius 3 is 2.31 bits per heavy atom. The molecule has 0 aromatic rings. The van der Waals surface area contributed by atoms with Crippen molar-refractivity contribution >= 4 is 15.8 Å². The quantitative estimate of drug-likeness (QED) is 0.402. The summed E-state index contributed by atoms with van der Waals surface area (Å²) in [7, 11) is -2.99. The Bertz CT molecular complexity index is 613. The van der Waals surface area contributed by atoms with Gasteiger partial charge in [0, 0.05) is 25.9 Å². The molecule has 29 heavy (non-hydrogen) atoms. The number of sulfone groups is 1. The van der Waals surface area contributed by atoms with E-state index in [1.807, 2.05) is 20.8 Å². The van der Waals surface area contributed by atoms with Gasteiger partial charge in [-0.1, -0.05) is 13.8 Å². The van der Waals surface area contributed by atoms with Gasteiger partial charge in [0.15, 0.2) is 5.96 Å². The monoisotopic (exact) mass is 442 g/mol. The first-order valence-electron chi connectivity index (χ1n) is 10.3. The van der Waals surface area contributed by atoms with Crippen LogP contribution in [0.1, 0.15) is 46.5 Å². The van der Waals surface area contributed by atoms with E-state index < -0.39 is 22.6 Å². The van der Waals surface area contributed by atoms with Gasteiger partial charge in [-0.3, -0.25) is 9.89 Å². The van der Waals surface area contributed by atoms with Crippen LogP contribution in [0.4, 0.5) is 13.2 Å². The zero-order valence-corrected chi connectivity index (χ0v) is 18.9. The lowest BCUT2D eigenvalue weighted by atomic mass is 9.90. The number of piperidine rings is 1. The summed E-state index contributed by atoms with van der Waals surface area (Å²) in [5.74, 6) is 1.25. The van der Waals surface area contributed by atoms with Crippen molar-refractivity contribution in [2.45, 2.75) is 52.6 Å². The summed E-state index contributed by atoms with van der Waals surface area (Å²) in [5, 5.41) is 6.47. The number of hydrogen-bond donors (Lipinski definition) is 2. The minimum atomic E-state index is -4.12. The number of halogens is 3. The van der Waals surface area contributed by atoms with Gasteiger partial charge in [0.05, 0.1) is 12.3 Å². The lowest BCUT2D eigenvalue weighted by Gasteiger charge is -2.32. The molecule has 0 spiro atoms. The highest BCUT2D eigenvalue weighted by molar-refractivity contribution is 7.90. The van der Waals surface area contributed by atoms with Crippen molar-refractivity contribution in [2.75, 3.05) is 51.3 Å². The minimum absolute atomic E-state index is 0.145. The fourth-order valence-electron chi connectivity index (χ4n) is 3.26. The molecule has 0 radical (unpaired) electrons. The summed E-state index contributed by atoms with van der Waals surface area (Å²) in [6, 6.07) is 0. The molecule has 0 atom stereocenters. The summed E-state index contributed by atoms with van der Waals surface area (Å²) in [6.07, 6.45) is 0.118. The Labute approximate surface area is 173 Å². The average molecular weight is 443 g/mol. The van der Waals surface area contributed by atoms with Gasteiger partial charge in [-0.05, 0) is 57.0 Å². The van der Waals surface area contributed by atoms with E-state index in [2.05, 4.69) is 15.6 Å². The number of nitrogens with zero attached hydrogens (tertiary/aromatic N) is 2. The fraction of sp³-hybridized carbons (Fsp3) is 0.947. The fourth-order valence-corrected chi connectivity index (χ4v) is 4.18. The molecule has 1 saturated heterocycles. The van der Waals surface area contributed by atoms with Gasteiger partial charge in [-0.15, -0.1) is 0 Å². The second-order valence-electron chi connectivity index (χ2n) is 8.79. The van der Waals surface area contributed by atoms with Crippen molar-refractivity contribution in [3.63, 3.8) is 0 Å². The highest BCUT2D eigenvalue weighted by Gasteiger charge is 2.32. The average Bonchev–Trinajstić information content (AvgIpc) is 2.58. The van der Waals surface area contributed by atoms with Gasteiger partial charge in [0.25, 0.3) is 0 Å².